The molecular formula is C20H21ClFNO2. The van der Waals surface area contributed by atoms with Crippen LogP contribution in [0, 0.1) is 11.7 Å². The van der Waals surface area contributed by atoms with Crippen LogP contribution in [-0.2, 0) is 4.79 Å². The molecule has 0 radical (unpaired) electrons. The van der Waals surface area contributed by atoms with Crippen LogP contribution >= 0.6 is 11.6 Å². The molecule has 1 aliphatic carbocycles. The SMILES string of the molecule is O=C(O)C1CCC(NC(c2cccc(F)c2)c2cccc(Cl)c2)CC1. The first kappa shape index (κ1) is 17.9. The minimum Gasteiger partial charge on any atom is -0.481 e. The fourth-order valence-corrected chi connectivity index (χ4v) is 3.70. The molecule has 132 valence electrons. The number of carbonyl (C=O) groups is 1. The number of nitrogens with one attached hydrogen (secondary N) is 1. The van der Waals surface area contributed by atoms with Crippen LogP contribution in [0.5, 0.6) is 0 Å². The van der Waals surface area contributed by atoms with Gasteiger partial charge in [0, 0.05) is 11.1 Å². The maximum Gasteiger partial charge on any atom is 0.306 e. The fourth-order valence-electron chi connectivity index (χ4n) is 3.50. The van der Waals surface area contributed by atoms with Crippen molar-refractivity contribution in [2.45, 2.75) is 37.8 Å². The molecule has 25 heavy (non-hydrogen) atoms. The van der Waals surface area contributed by atoms with Crippen molar-refractivity contribution in [3.63, 3.8) is 0 Å². The van der Waals surface area contributed by atoms with Crippen LogP contribution in [0.25, 0.3) is 0 Å². The van der Waals surface area contributed by atoms with Crippen molar-refractivity contribution in [1.29, 1.82) is 0 Å². The zero-order valence-electron chi connectivity index (χ0n) is 13.8. The molecule has 5 heteroatoms. The summed E-state index contributed by atoms with van der Waals surface area (Å²) in [5, 5.41) is 13.4. The van der Waals surface area contributed by atoms with Crippen LogP contribution in [-0.4, -0.2) is 17.1 Å². The Morgan fingerprint density at radius 3 is 2.32 bits per heavy atom. The Labute approximate surface area is 151 Å². The van der Waals surface area contributed by atoms with Crippen molar-refractivity contribution in [2.24, 2.45) is 5.92 Å². The Bertz CT molecular complexity index is 698. The molecule has 1 unspecified atom stereocenters. The Balaban J connectivity index is 1.81. The predicted molar refractivity (Wildman–Crippen MR) is 96.2 cm³/mol. The number of carboxylic acid groups (broad SMARTS) is 1. The third kappa shape index (κ3) is 4.59. The summed E-state index contributed by atoms with van der Waals surface area (Å²) in [6.45, 7) is 0. The first-order valence-corrected chi connectivity index (χ1v) is 8.90. The van der Waals surface area contributed by atoms with Crippen molar-refractivity contribution in [3.8, 4) is 0 Å². The Hall–Kier alpha value is -1.91. The second kappa shape index (κ2) is 7.98. The van der Waals surface area contributed by atoms with E-state index >= 15 is 0 Å². The number of hydrogen-bond donors (Lipinski definition) is 2. The molecule has 0 aromatic heterocycles. The van der Waals surface area contributed by atoms with Crippen molar-refractivity contribution in [1.82, 2.24) is 5.32 Å². The van der Waals surface area contributed by atoms with E-state index in [2.05, 4.69) is 5.32 Å². The molecule has 0 bridgehead atoms. The zero-order chi connectivity index (χ0) is 17.8. The summed E-state index contributed by atoms with van der Waals surface area (Å²) in [7, 11) is 0. The van der Waals surface area contributed by atoms with Crippen LogP contribution in [0.3, 0.4) is 0 Å². The predicted octanol–water partition coefficient (Wildman–Crippen LogP) is 4.80. The summed E-state index contributed by atoms with van der Waals surface area (Å²) in [5.41, 5.74) is 1.81. The molecule has 2 aromatic carbocycles. The number of hydrogen-bond acceptors (Lipinski definition) is 2. The van der Waals surface area contributed by atoms with Gasteiger partial charge in [-0.25, -0.2) is 4.39 Å². The minimum atomic E-state index is -0.713. The molecular weight excluding hydrogens is 341 g/mol. The molecule has 0 spiro atoms. The van der Waals surface area contributed by atoms with E-state index in [9.17, 15) is 9.18 Å². The first-order valence-electron chi connectivity index (χ1n) is 8.52. The van der Waals surface area contributed by atoms with Crippen molar-refractivity contribution < 1.29 is 14.3 Å². The van der Waals surface area contributed by atoms with Crippen molar-refractivity contribution in [3.05, 3.63) is 70.5 Å². The Morgan fingerprint density at radius 1 is 1.08 bits per heavy atom. The summed E-state index contributed by atoms with van der Waals surface area (Å²) in [6.07, 6.45) is 2.92. The number of benzene rings is 2. The lowest BCUT2D eigenvalue weighted by atomic mass is 9.85. The molecule has 2 aromatic rings. The van der Waals surface area contributed by atoms with E-state index in [4.69, 9.17) is 16.7 Å². The summed E-state index contributed by atoms with van der Waals surface area (Å²) in [6, 6.07) is 14.1. The van der Waals surface area contributed by atoms with Gasteiger partial charge in [-0.2, -0.15) is 0 Å². The topological polar surface area (TPSA) is 49.3 Å². The van der Waals surface area contributed by atoms with E-state index in [1.54, 1.807) is 6.07 Å². The van der Waals surface area contributed by atoms with E-state index in [1.807, 2.05) is 30.3 Å². The molecule has 1 atom stereocenters. The molecule has 3 nitrogen and oxygen atoms in total. The van der Waals surface area contributed by atoms with Crippen molar-refractivity contribution in [2.75, 3.05) is 0 Å². The Kier molecular flexibility index (Phi) is 5.71. The summed E-state index contributed by atoms with van der Waals surface area (Å²) < 4.78 is 13.7. The highest BCUT2D eigenvalue weighted by atomic mass is 35.5. The maximum absolute atomic E-state index is 13.7. The van der Waals surface area contributed by atoms with Gasteiger partial charge in [0.1, 0.15) is 5.82 Å². The van der Waals surface area contributed by atoms with Gasteiger partial charge in [0.2, 0.25) is 0 Å². The van der Waals surface area contributed by atoms with E-state index in [-0.39, 0.29) is 23.8 Å². The van der Waals surface area contributed by atoms with Crippen LogP contribution in [0.1, 0.15) is 42.9 Å². The molecule has 1 aliphatic rings. The molecule has 1 fully saturated rings. The zero-order valence-corrected chi connectivity index (χ0v) is 14.5. The van der Waals surface area contributed by atoms with E-state index in [0.717, 1.165) is 24.0 Å². The van der Waals surface area contributed by atoms with Gasteiger partial charge >= 0.3 is 5.97 Å². The van der Waals surface area contributed by atoms with Crippen LogP contribution in [0.4, 0.5) is 4.39 Å². The largest absolute Gasteiger partial charge is 0.481 e. The smallest absolute Gasteiger partial charge is 0.306 e. The van der Waals surface area contributed by atoms with Gasteiger partial charge in [-0.05, 0) is 61.1 Å². The van der Waals surface area contributed by atoms with Gasteiger partial charge in [-0.3, -0.25) is 4.79 Å². The number of aliphatic carboxylic acids is 1. The van der Waals surface area contributed by atoms with Gasteiger partial charge < -0.3 is 10.4 Å². The monoisotopic (exact) mass is 361 g/mol. The number of halogens is 2. The fraction of sp³-hybridized carbons (Fsp3) is 0.350. The summed E-state index contributed by atoms with van der Waals surface area (Å²) >= 11 is 6.14. The minimum absolute atomic E-state index is 0.180. The highest BCUT2D eigenvalue weighted by Crippen LogP contribution is 2.30. The molecule has 1 saturated carbocycles. The molecule has 0 saturated heterocycles. The Morgan fingerprint density at radius 2 is 1.72 bits per heavy atom. The standard InChI is InChI=1S/C20H21ClFNO2/c21-16-5-1-3-14(11-16)19(15-4-2-6-17(22)12-15)23-18-9-7-13(8-10-18)20(24)25/h1-6,11-13,18-19,23H,7-10H2,(H,24,25). The highest BCUT2D eigenvalue weighted by molar-refractivity contribution is 6.30. The third-order valence-electron chi connectivity index (χ3n) is 4.84. The summed E-state index contributed by atoms with van der Waals surface area (Å²) in [4.78, 5) is 11.1. The highest BCUT2D eigenvalue weighted by Gasteiger charge is 2.28. The average molecular weight is 362 g/mol. The van der Waals surface area contributed by atoms with Gasteiger partial charge in [0.15, 0.2) is 0 Å². The van der Waals surface area contributed by atoms with Crippen LogP contribution < -0.4 is 5.32 Å². The second-order valence-corrected chi connectivity index (χ2v) is 7.03. The van der Waals surface area contributed by atoms with Crippen molar-refractivity contribution >= 4 is 17.6 Å². The second-order valence-electron chi connectivity index (χ2n) is 6.60. The third-order valence-corrected chi connectivity index (χ3v) is 5.08. The molecule has 3 rings (SSSR count). The lowest BCUT2D eigenvalue weighted by Crippen LogP contribution is -2.37. The number of carboxylic acids is 1. The summed E-state index contributed by atoms with van der Waals surface area (Å²) in [5.74, 6) is -1.24. The van der Waals surface area contributed by atoms with Crippen LogP contribution in [0.15, 0.2) is 48.5 Å². The lowest BCUT2D eigenvalue weighted by molar-refractivity contribution is -0.142. The lowest BCUT2D eigenvalue weighted by Gasteiger charge is -2.31. The average Bonchev–Trinajstić information content (AvgIpc) is 2.60. The van der Waals surface area contributed by atoms with E-state index in [0.29, 0.717) is 17.9 Å². The molecule has 0 aliphatic heterocycles. The molecule has 2 N–H and O–H groups in total. The van der Waals surface area contributed by atoms with Gasteiger partial charge in [0.05, 0.1) is 12.0 Å². The van der Waals surface area contributed by atoms with E-state index < -0.39 is 5.97 Å². The first-order chi connectivity index (χ1) is 12.0. The van der Waals surface area contributed by atoms with Crippen LogP contribution in [0.2, 0.25) is 5.02 Å². The van der Waals surface area contributed by atoms with Gasteiger partial charge in [-0.15, -0.1) is 0 Å². The van der Waals surface area contributed by atoms with Gasteiger partial charge in [-0.1, -0.05) is 35.9 Å². The quantitative estimate of drug-likeness (QED) is 0.804. The molecule has 0 amide bonds. The van der Waals surface area contributed by atoms with E-state index in [1.165, 1.54) is 12.1 Å². The molecule has 0 heterocycles. The number of rotatable bonds is 5. The normalized spacial score (nSPS) is 21.7. The maximum atomic E-state index is 13.7. The van der Waals surface area contributed by atoms with Gasteiger partial charge in [0.25, 0.3) is 0 Å².